The van der Waals surface area contributed by atoms with E-state index in [0.29, 0.717) is 32.9 Å². The third-order valence-corrected chi connectivity index (χ3v) is 2.86. The molecule has 0 spiro atoms. The Bertz CT molecular complexity index is 367. The quantitative estimate of drug-likeness (QED) is 0.607. The molecule has 0 radical (unpaired) electrons. The van der Waals surface area contributed by atoms with Crippen molar-refractivity contribution in [1.82, 2.24) is 5.32 Å². The summed E-state index contributed by atoms with van der Waals surface area (Å²) in [6.07, 6.45) is -0.299. The number of benzene rings is 1. The van der Waals surface area contributed by atoms with Crippen LogP contribution in [0.4, 0.5) is 0 Å². The van der Waals surface area contributed by atoms with E-state index < -0.39 is 6.10 Å². The van der Waals surface area contributed by atoms with E-state index in [4.69, 9.17) is 14.2 Å². The van der Waals surface area contributed by atoms with Crippen LogP contribution in [0.25, 0.3) is 0 Å². The third-order valence-electron chi connectivity index (χ3n) is 2.86. The van der Waals surface area contributed by atoms with Gasteiger partial charge < -0.3 is 24.6 Å². The molecular weight excluding hydrogens is 270 g/mol. The molecule has 1 aromatic rings. The molecule has 21 heavy (non-hydrogen) atoms. The number of nitrogens with one attached hydrogen (secondary N) is 1. The Labute approximate surface area is 127 Å². The predicted octanol–water partition coefficient (Wildman–Crippen LogP) is 1.59. The third kappa shape index (κ3) is 8.67. The molecule has 0 saturated heterocycles. The second kappa shape index (κ2) is 10.6. The van der Waals surface area contributed by atoms with E-state index in [2.05, 4.69) is 5.32 Å². The Morgan fingerprint density at radius 2 is 1.86 bits per heavy atom. The first kappa shape index (κ1) is 17.9. The van der Waals surface area contributed by atoms with Gasteiger partial charge in [0.1, 0.15) is 5.75 Å². The van der Waals surface area contributed by atoms with Crippen LogP contribution in [0, 0.1) is 0 Å². The van der Waals surface area contributed by atoms with Gasteiger partial charge in [-0.1, -0.05) is 12.1 Å². The maximum atomic E-state index is 9.77. The van der Waals surface area contributed by atoms with Crippen LogP contribution in [0.3, 0.4) is 0 Å². The summed E-state index contributed by atoms with van der Waals surface area (Å²) in [6, 6.07) is 7.84. The molecule has 0 aliphatic heterocycles. The highest BCUT2D eigenvalue weighted by atomic mass is 16.5. The topological polar surface area (TPSA) is 60.0 Å². The zero-order chi connectivity index (χ0) is 15.5. The van der Waals surface area contributed by atoms with Gasteiger partial charge in [0, 0.05) is 13.1 Å². The molecule has 0 aliphatic carbocycles. The Balaban J connectivity index is 2.05. The standard InChI is InChI=1S/C16H27NO4/c1-13(2)21-9-8-20-12-15(18)11-17-10-14-4-6-16(19-3)7-5-14/h4-7,13,15,17-18H,8-12H2,1-3H3. The molecule has 5 nitrogen and oxygen atoms in total. The first-order valence-electron chi connectivity index (χ1n) is 7.33. The molecule has 0 aromatic heterocycles. The van der Waals surface area contributed by atoms with Crippen LogP contribution in [-0.2, 0) is 16.0 Å². The summed E-state index contributed by atoms with van der Waals surface area (Å²) in [7, 11) is 1.65. The summed E-state index contributed by atoms with van der Waals surface area (Å²) in [6.45, 7) is 6.55. The lowest BCUT2D eigenvalue weighted by Gasteiger charge is -2.13. The Hall–Kier alpha value is -1.14. The summed E-state index contributed by atoms with van der Waals surface area (Å²) >= 11 is 0. The minimum atomic E-state index is -0.512. The molecule has 0 fully saturated rings. The van der Waals surface area contributed by atoms with Gasteiger partial charge in [-0.25, -0.2) is 0 Å². The van der Waals surface area contributed by atoms with E-state index in [9.17, 15) is 5.11 Å². The van der Waals surface area contributed by atoms with Crippen molar-refractivity contribution in [1.29, 1.82) is 0 Å². The molecule has 0 saturated carbocycles. The maximum absolute atomic E-state index is 9.77. The smallest absolute Gasteiger partial charge is 0.118 e. The number of hydrogen-bond donors (Lipinski definition) is 2. The molecule has 0 bridgehead atoms. The summed E-state index contributed by atoms with van der Waals surface area (Å²) < 4.78 is 15.8. The largest absolute Gasteiger partial charge is 0.497 e. The number of hydrogen-bond acceptors (Lipinski definition) is 5. The Morgan fingerprint density at radius 3 is 2.48 bits per heavy atom. The second-order valence-electron chi connectivity index (χ2n) is 5.13. The van der Waals surface area contributed by atoms with Crippen LogP contribution in [0.5, 0.6) is 5.75 Å². The van der Waals surface area contributed by atoms with E-state index in [1.54, 1.807) is 7.11 Å². The normalized spacial score (nSPS) is 12.6. The van der Waals surface area contributed by atoms with E-state index in [0.717, 1.165) is 11.3 Å². The zero-order valence-corrected chi connectivity index (χ0v) is 13.2. The molecule has 1 atom stereocenters. The van der Waals surface area contributed by atoms with Gasteiger partial charge >= 0.3 is 0 Å². The summed E-state index contributed by atoms with van der Waals surface area (Å²) in [5.74, 6) is 0.843. The van der Waals surface area contributed by atoms with Crippen LogP contribution >= 0.6 is 0 Å². The molecule has 120 valence electrons. The van der Waals surface area contributed by atoms with E-state index >= 15 is 0 Å². The summed E-state index contributed by atoms with van der Waals surface area (Å²) in [4.78, 5) is 0. The van der Waals surface area contributed by atoms with Crippen LogP contribution < -0.4 is 10.1 Å². The van der Waals surface area contributed by atoms with Gasteiger partial charge in [0.05, 0.1) is 39.1 Å². The number of aliphatic hydroxyl groups excluding tert-OH is 1. The molecule has 1 aromatic carbocycles. The molecule has 0 aliphatic rings. The number of aliphatic hydroxyl groups is 1. The van der Waals surface area contributed by atoms with Crippen molar-refractivity contribution >= 4 is 0 Å². The fourth-order valence-electron chi connectivity index (χ4n) is 1.75. The first-order chi connectivity index (χ1) is 10.1. The lowest BCUT2D eigenvalue weighted by atomic mass is 10.2. The average molecular weight is 297 g/mol. The van der Waals surface area contributed by atoms with Crippen LogP contribution in [0.15, 0.2) is 24.3 Å². The van der Waals surface area contributed by atoms with E-state index in [1.807, 2.05) is 38.1 Å². The van der Waals surface area contributed by atoms with Crippen molar-refractivity contribution in [3.8, 4) is 5.75 Å². The molecule has 2 N–H and O–H groups in total. The van der Waals surface area contributed by atoms with Crippen LogP contribution in [-0.4, -0.2) is 50.8 Å². The number of methoxy groups -OCH3 is 1. The Kier molecular flexibility index (Phi) is 9.01. The molecular formula is C16H27NO4. The fraction of sp³-hybridized carbons (Fsp3) is 0.625. The van der Waals surface area contributed by atoms with Crippen molar-refractivity contribution in [3.05, 3.63) is 29.8 Å². The SMILES string of the molecule is COc1ccc(CNCC(O)COCCOC(C)C)cc1. The van der Waals surface area contributed by atoms with Crippen molar-refractivity contribution in [2.24, 2.45) is 0 Å². The van der Waals surface area contributed by atoms with Gasteiger partial charge in [0.2, 0.25) is 0 Å². The van der Waals surface area contributed by atoms with Gasteiger partial charge in [0.25, 0.3) is 0 Å². The van der Waals surface area contributed by atoms with Gasteiger partial charge in [-0.2, -0.15) is 0 Å². The van der Waals surface area contributed by atoms with Crippen LogP contribution in [0.1, 0.15) is 19.4 Å². The lowest BCUT2D eigenvalue weighted by molar-refractivity contribution is -0.0100. The van der Waals surface area contributed by atoms with Gasteiger partial charge in [-0.05, 0) is 31.5 Å². The predicted molar refractivity (Wildman–Crippen MR) is 82.6 cm³/mol. The molecule has 1 unspecified atom stereocenters. The first-order valence-corrected chi connectivity index (χ1v) is 7.33. The second-order valence-corrected chi connectivity index (χ2v) is 5.13. The minimum Gasteiger partial charge on any atom is -0.497 e. The average Bonchev–Trinajstić information content (AvgIpc) is 2.47. The van der Waals surface area contributed by atoms with Crippen molar-refractivity contribution in [2.75, 3.05) is 33.5 Å². The molecule has 0 amide bonds. The zero-order valence-electron chi connectivity index (χ0n) is 13.2. The molecule has 1 rings (SSSR count). The number of ether oxygens (including phenoxy) is 3. The van der Waals surface area contributed by atoms with Gasteiger partial charge in [-0.3, -0.25) is 0 Å². The highest BCUT2D eigenvalue weighted by molar-refractivity contribution is 5.26. The minimum absolute atomic E-state index is 0.213. The summed E-state index contributed by atoms with van der Waals surface area (Å²) in [5, 5.41) is 13.0. The highest BCUT2D eigenvalue weighted by Gasteiger charge is 2.04. The lowest BCUT2D eigenvalue weighted by Crippen LogP contribution is -2.30. The van der Waals surface area contributed by atoms with E-state index in [-0.39, 0.29) is 6.10 Å². The molecule has 0 heterocycles. The Morgan fingerprint density at radius 1 is 1.14 bits per heavy atom. The monoisotopic (exact) mass is 297 g/mol. The van der Waals surface area contributed by atoms with Crippen molar-refractivity contribution in [3.63, 3.8) is 0 Å². The van der Waals surface area contributed by atoms with Gasteiger partial charge in [-0.15, -0.1) is 0 Å². The maximum Gasteiger partial charge on any atom is 0.118 e. The van der Waals surface area contributed by atoms with Gasteiger partial charge in [0.15, 0.2) is 0 Å². The van der Waals surface area contributed by atoms with E-state index in [1.165, 1.54) is 0 Å². The highest BCUT2D eigenvalue weighted by Crippen LogP contribution is 2.10. The van der Waals surface area contributed by atoms with Crippen molar-refractivity contribution < 1.29 is 19.3 Å². The summed E-state index contributed by atoms with van der Waals surface area (Å²) in [5.41, 5.74) is 1.15. The molecule has 5 heteroatoms. The fourth-order valence-corrected chi connectivity index (χ4v) is 1.75. The van der Waals surface area contributed by atoms with Crippen molar-refractivity contribution in [2.45, 2.75) is 32.6 Å². The number of rotatable bonds is 11. The van der Waals surface area contributed by atoms with Crippen LogP contribution in [0.2, 0.25) is 0 Å².